The van der Waals surface area contributed by atoms with Crippen molar-refractivity contribution < 1.29 is 17.9 Å². The Morgan fingerprint density at radius 1 is 1.17 bits per heavy atom. The Bertz CT molecular complexity index is 1090. The number of methoxy groups -OCH3 is 1. The Balaban J connectivity index is 1.57. The summed E-state index contributed by atoms with van der Waals surface area (Å²) in [5.74, 6) is 0.659. The van der Waals surface area contributed by atoms with Gasteiger partial charge in [0, 0.05) is 23.1 Å². The van der Waals surface area contributed by atoms with Crippen molar-refractivity contribution >= 4 is 38.1 Å². The standard InChI is InChI=1S/C20H21N3O4S2/c1-27-17-5-3-4-14(12-17)6-11-19(24)22-20-21-18(13-28-20)15-7-9-16(10-8-15)23-29(2,25)26/h3-5,7-10,12-13,23H,6,11H2,1-2H3,(H,21,22,24). The van der Waals surface area contributed by atoms with Crippen molar-refractivity contribution in [3.8, 4) is 17.0 Å². The molecule has 0 fully saturated rings. The van der Waals surface area contributed by atoms with Crippen LogP contribution in [0.2, 0.25) is 0 Å². The number of hydrogen-bond donors (Lipinski definition) is 2. The zero-order valence-electron chi connectivity index (χ0n) is 16.0. The van der Waals surface area contributed by atoms with Crippen molar-refractivity contribution in [2.75, 3.05) is 23.4 Å². The smallest absolute Gasteiger partial charge is 0.229 e. The zero-order chi connectivity index (χ0) is 20.9. The summed E-state index contributed by atoms with van der Waals surface area (Å²) >= 11 is 1.34. The van der Waals surface area contributed by atoms with Gasteiger partial charge in [-0.05, 0) is 36.2 Å². The van der Waals surface area contributed by atoms with Crippen molar-refractivity contribution in [1.82, 2.24) is 4.98 Å². The predicted octanol–water partition coefficient (Wildman–Crippen LogP) is 3.76. The highest BCUT2D eigenvalue weighted by atomic mass is 32.2. The molecule has 0 unspecified atom stereocenters. The number of amides is 1. The van der Waals surface area contributed by atoms with Gasteiger partial charge in [-0.25, -0.2) is 13.4 Å². The summed E-state index contributed by atoms with van der Waals surface area (Å²) in [5, 5.41) is 5.19. The van der Waals surface area contributed by atoms with Crippen LogP contribution in [-0.4, -0.2) is 32.7 Å². The molecule has 0 bridgehead atoms. The lowest BCUT2D eigenvalue weighted by Gasteiger charge is -2.05. The Morgan fingerprint density at radius 3 is 2.62 bits per heavy atom. The summed E-state index contributed by atoms with van der Waals surface area (Å²) in [7, 11) is -1.70. The van der Waals surface area contributed by atoms with E-state index in [0.717, 1.165) is 23.1 Å². The summed E-state index contributed by atoms with van der Waals surface area (Å²) in [6.07, 6.45) is 2.05. The second-order valence-corrected chi connectivity index (χ2v) is 9.00. The molecule has 1 amide bonds. The van der Waals surface area contributed by atoms with E-state index in [0.29, 0.717) is 29.4 Å². The van der Waals surface area contributed by atoms with Crippen LogP contribution in [0.5, 0.6) is 5.75 Å². The third-order valence-corrected chi connectivity index (χ3v) is 5.37. The van der Waals surface area contributed by atoms with Gasteiger partial charge in [0.1, 0.15) is 5.75 Å². The number of carbonyl (C=O) groups excluding carboxylic acids is 1. The number of sulfonamides is 1. The van der Waals surface area contributed by atoms with Crippen LogP contribution in [-0.2, 0) is 21.2 Å². The van der Waals surface area contributed by atoms with Crippen LogP contribution in [0.1, 0.15) is 12.0 Å². The Hall–Kier alpha value is -2.91. The molecule has 0 aliphatic heterocycles. The minimum absolute atomic E-state index is 0.110. The summed E-state index contributed by atoms with van der Waals surface area (Å²) in [5.41, 5.74) is 3.06. The maximum Gasteiger partial charge on any atom is 0.229 e. The number of anilines is 2. The number of carbonyl (C=O) groups is 1. The molecule has 2 N–H and O–H groups in total. The Morgan fingerprint density at radius 2 is 1.93 bits per heavy atom. The number of nitrogens with one attached hydrogen (secondary N) is 2. The Labute approximate surface area is 173 Å². The van der Waals surface area contributed by atoms with E-state index in [1.807, 2.05) is 29.6 Å². The summed E-state index contributed by atoms with van der Waals surface area (Å²) in [4.78, 5) is 16.7. The van der Waals surface area contributed by atoms with Gasteiger partial charge in [-0.3, -0.25) is 9.52 Å². The van der Waals surface area contributed by atoms with E-state index in [-0.39, 0.29) is 5.91 Å². The van der Waals surface area contributed by atoms with Gasteiger partial charge in [0.25, 0.3) is 0 Å². The number of aryl methyl sites for hydroxylation is 1. The maximum atomic E-state index is 12.2. The number of rotatable bonds is 8. The van der Waals surface area contributed by atoms with Crippen molar-refractivity contribution in [3.63, 3.8) is 0 Å². The van der Waals surface area contributed by atoms with Crippen LogP contribution >= 0.6 is 11.3 Å². The maximum absolute atomic E-state index is 12.2. The van der Waals surface area contributed by atoms with E-state index in [9.17, 15) is 13.2 Å². The average molecular weight is 432 g/mol. The summed E-state index contributed by atoms with van der Waals surface area (Å²) < 4.78 is 30.1. The summed E-state index contributed by atoms with van der Waals surface area (Å²) in [6, 6.07) is 14.5. The van der Waals surface area contributed by atoms with E-state index in [4.69, 9.17) is 4.74 Å². The van der Waals surface area contributed by atoms with E-state index in [2.05, 4.69) is 15.0 Å². The highest BCUT2D eigenvalue weighted by Crippen LogP contribution is 2.26. The number of benzene rings is 2. The van der Waals surface area contributed by atoms with Crippen LogP contribution in [0, 0.1) is 0 Å². The fraction of sp³-hybridized carbons (Fsp3) is 0.200. The number of nitrogens with zero attached hydrogens (tertiary/aromatic N) is 1. The molecular formula is C20H21N3O4S2. The lowest BCUT2D eigenvalue weighted by atomic mass is 10.1. The first-order valence-electron chi connectivity index (χ1n) is 8.79. The molecule has 0 saturated carbocycles. The number of ether oxygens (including phenoxy) is 1. The van der Waals surface area contributed by atoms with E-state index in [1.165, 1.54) is 11.3 Å². The second-order valence-electron chi connectivity index (χ2n) is 6.39. The number of hydrogen-bond acceptors (Lipinski definition) is 6. The van der Waals surface area contributed by atoms with Crippen molar-refractivity contribution in [3.05, 3.63) is 59.5 Å². The molecule has 2 aromatic carbocycles. The van der Waals surface area contributed by atoms with Crippen LogP contribution < -0.4 is 14.8 Å². The van der Waals surface area contributed by atoms with E-state index < -0.39 is 10.0 Å². The zero-order valence-corrected chi connectivity index (χ0v) is 17.6. The van der Waals surface area contributed by atoms with Gasteiger partial charge < -0.3 is 10.1 Å². The Kier molecular flexibility index (Phi) is 6.50. The fourth-order valence-corrected chi connectivity index (χ4v) is 3.95. The van der Waals surface area contributed by atoms with Gasteiger partial charge in [0.15, 0.2) is 5.13 Å². The van der Waals surface area contributed by atoms with Crippen LogP contribution in [0.4, 0.5) is 10.8 Å². The average Bonchev–Trinajstić information content (AvgIpc) is 3.14. The lowest BCUT2D eigenvalue weighted by molar-refractivity contribution is -0.116. The molecule has 3 rings (SSSR count). The van der Waals surface area contributed by atoms with Crippen LogP contribution in [0.25, 0.3) is 11.3 Å². The van der Waals surface area contributed by atoms with Crippen LogP contribution in [0.3, 0.4) is 0 Å². The third-order valence-electron chi connectivity index (χ3n) is 4.01. The third kappa shape index (κ3) is 6.30. The fourth-order valence-electron chi connectivity index (χ4n) is 2.65. The highest BCUT2D eigenvalue weighted by molar-refractivity contribution is 7.92. The van der Waals surface area contributed by atoms with E-state index in [1.54, 1.807) is 31.4 Å². The van der Waals surface area contributed by atoms with Gasteiger partial charge in [0.05, 0.1) is 19.1 Å². The molecule has 9 heteroatoms. The van der Waals surface area contributed by atoms with Crippen molar-refractivity contribution in [2.24, 2.45) is 0 Å². The first-order valence-corrected chi connectivity index (χ1v) is 11.6. The highest BCUT2D eigenvalue weighted by Gasteiger charge is 2.09. The van der Waals surface area contributed by atoms with Gasteiger partial charge in [-0.1, -0.05) is 24.3 Å². The monoisotopic (exact) mass is 431 g/mol. The first-order chi connectivity index (χ1) is 13.8. The SMILES string of the molecule is COc1cccc(CCC(=O)Nc2nc(-c3ccc(NS(C)(=O)=O)cc3)cs2)c1. The molecule has 3 aromatic rings. The molecule has 0 aliphatic carbocycles. The predicted molar refractivity (Wildman–Crippen MR) is 116 cm³/mol. The molecule has 0 saturated heterocycles. The molecule has 0 aliphatic rings. The van der Waals surface area contributed by atoms with Crippen molar-refractivity contribution in [1.29, 1.82) is 0 Å². The molecule has 1 heterocycles. The molecule has 29 heavy (non-hydrogen) atoms. The first kappa shape index (κ1) is 20.8. The quantitative estimate of drug-likeness (QED) is 0.566. The van der Waals surface area contributed by atoms with Gasteiger partial charge in [0.2, 0.25) is 15.9 Å². The summed E-state index contributed by atoms with van der Waals surface area (Å²) in [6.45, 7) is 0. The molecular weight excluding hydrogens is 410 g/mol. The minimum atomic E-state index is -3.31. The normalized spacial score (nSPS) is 11.1. The molecule has 1 aromatic heterocycles. The molecule has 0 spiro atoms. The van der Waals surface area contributed by atoms with Crippen molar-refractivity contribution in [2.45, 2.75) is 12.8 Å². The molecule has 0 atom stereocenters. The lowest BCUT2D eigenvalue weighted by Crippen LogP contribution is -2.12. The topological polar surface area (TPSA) is 97.4 Å². The number of aromatic nitrogens is 1. The molecule has 152 valence electrons. The van der Waals surface area contributed by atoms with Gasteiger partial charge in [-0.15, -0.1) is 11.3 Å². The second kappa shape index (κ2) is 9.06. The van der Waals surface area contributed by atoms with Crippen LogP contribution in [0.15, 0.2) is 53.9 Å². The largest absolute Gasteiger partial charge is 0.497 e. The van der Waals surface area contributed by atoms with E-state index >= 15 is 0 Å². The van der Waals surface area contributed by atoms with Gasteiger partial charge in [-0.2, -0.15) is 0 Å². The molecule has 7 nitrogen and oxygen atoms in total. The molecule has 0 radical (unpaired) electrons. The minimum Gasteiger partial charge on any atom is -0.497 e. The number of thiazole rings is 1. The van der Waals surface area contributed by atoms with Gasteiger partial charge >= 0.3 is 0 Å².